The number of amides is 1. The third-order valence-corrected chi connectivity index (χ3v) is 3.19. The molecule has 2 fully saturated rings. The zero-order valence-corrected chi connectivity index (χ0v) is 8.78. The van der Waals surface area contributed by atoms with E-state index in [0.717, 1.165) is 39.0 Å². The van der Waals surface area contributed by atoms with Gasteiger partial charge in [0.25, 0.3) is 0 Å². The first-order valence-corrected chi connectivity index (χ1v) is 5.41. The maximum atomic E-state index is 11.9. The van der Waals surface area contributed by atoms with Gasteiger partial charge in [0.2, 0.25) is 5.91 Å². The van der Waals surface area contributed by atoms with E-state index in [1.807, 2.05) is 4.90 Å². The molecule has 4 nitrogen and oxygen atoms in total. The quantitative estimate of drug-likeness (QED) is 0.616. The summed E-state index contributed by atoms with van der Waals surface area (Å²) in [7, 11) is 2.11. The minimum atomic E-state index is 0.137. The van der Waals surface area contributed by atoms with Crippen LogP contribution in [-0.2, 0) is 4.79 Å². The van der Waals surface area contributed by atoms with Gasteiger partial charge in [-0.3, -0.25) is 4.79 Å². The molecule has 2 rings (SSSR count). The molecule has 0 bridgehead atoms. The molecule has 0 aromatic heterocycles. The highest BCUT2D eigenvalue weighted by molar-refractivity contribution is 5.82. The van der Waals surface area contributed by atoms with E-state index >= 15 is 0 Å². The van der Waals surface area contributed by atoms with Crippen LogP contribution in [0.15, 0.2) is 0 Å². The highest BCUT2D eigenvalue weighted by Crippen LogP contribution is 2.30. The van der Waals surface area contributed by atoms with Crippen LogP contribution in [0.3, 0.4) is 0 Å². The van der Waals surface area contributed by atoms with Crippen molar-refractivity contribution in [3.63, 3.8) is 0 Å². The molecule has 2 N–H and O–H groups in total. The van der Waals surface area contributed by atoms with Gasteiger partial charge in [-0.05, 0) is 26.4 Å². The number of nitrogens with zero attached hydrogens (tertiary/aromatic N) is 2. The monoisotopic (exact) mass is 197 g/mol. The Labute approximate surface area is 85.0 Å². The van der Waals surface area contributed by atoms with Crippen LogP contribution in [0, 0.1) is 5.92 Å². The molecule has 1 amide bonds. The number of hydrogen-bond acceptors (Lipinski definition) is 3. The van der Waals surface area contributed by atoms with E-state index in [4.69, 9.17) is 5.73 Å². The Balaban J connectivity index is 1.87. The van der Waals surface area contributed by atoms with E-state index in [9.17, 15) is 4.79 Å². The average molecular weight is 197 g/mol. The van der Waals surface area contributed by atoms with Gasteiger partial charge in [-0.25, -0.2) is 0 Å². The highest BCUT2D eigenvalue weighted by Gasteiger charge is 2.42. The van der Waals surface area contributed by atoms with Gasteiger partial charge in [0.05, 0.1) is 5.92 Å². The van der Waals surface area contributed by atoms with Crippen LogP contribution in [0.5, 0.6) is 0 Å². The fourth-order valence-corrected chi connectivity index (χ4v) is 2.00. The number of carbonyl (C=O) groups excluding carboxylic acids is 1. The molecule has 14 heavy (non-hydrogen) atoms. The van der Waals surface area contributed by atoms with Crippen LogP contribution in [0.4, 0.5) is 0 Å². The Morgan fingerprint density at radius 2 is 2.00 bits per heavy atom. The lowest BCUT2D eigenvalue weighted by atomic mass is 10.3. The van der Waals surface area contributed by atoms with Crippen LogP contribution >= 0.6 is 0 Å². The molecular formula is C10H19N3O. The third kappa shape index (κ3) is 2.07. The summed E-state index contributed by atoms with van der Waals surface area (Å²) < 4.78 is 0. The average Bonchev–Trinajstić information content (AvgIpc) is 2.89. The normalized spacial score (nSPS) is 34.0. The Bertz CT molecular complexity index is 231. The summed E-state index contributed by atoms with van der Waals surface area (Å²) in [4.78, 5) is 16.1. The molecule has 0 spiro atoms. The van der Waals surface area contributed by atoms with Crippen molar-refractivity contribution in [2.45, 2.75) is 18.9 Å². The Hall–Kier alpha value is -0.610. The molecule has 4 heteroatoms. The topological polar surface area (TPSA) is 49.6 Å². The van der Waals surface area contributed by atoms with Crippen molar-refractivity contribution in [2.24, 2.45) is 11.7 Å². The van der Waals surface area contributed by atoms with Crippen LogP contribution < -0.4 is 5.73 Å². The molecule has 1 heterocycles. The summed E-state index contributed by atoms with van der Waals surface area (Å²) >= 11 is 0. The van der Waals surface area contributed by atoms with Gasteiger partial charge in [-0.15, -0.1) is 0 Å². The van der Waals surface area contributed by atoms with Gasteiger partial charge in [0.15, 0.2) is 0 Å². The van der Waals surface area contributed by atoms with Crippen molar-refractivity contribution >= 4 is 5.91 Å². The second-order valence-electron chi connectivity index (χ2n) is 4.49. The lowest BCUT2D eigenvalue weighted by Gasteiger charge is -2.20. The van der Waals surface area contributed by atoms with Gasteiger partial charge in [0.1, 0.15) is 0 Å². The van der Waals surface area contributed by atoms with Crippen molar-refractivity contribution in [1.82, 2.24) is 9.80 Å². The predicted octanol–water partition coefficient (Wildman–Crippen LogP) is -0.502. The number of likely N-dealkylation sites (N-methyl/N-ethyl adjacent to an activating group) is 1. The van der Waals surface area contributed by atoms with Crippen molar-refractivity contribution in [1.29, 1.82) is 0 Å². The van der Waals surface area contributed by atoms with E-state index < -0.39 is 0 Å². The molecule has 0 radical (unpaired) electrons. The molecule has 2 unspecified atom stereocenters. The molecule has 1 aliphatic heterocycles. The first-order valence-electron chi connectivity index (χ1n) is 5.41. The zero-order valence-electron chi connectivity index (χ0n) is 8.78. The minimum Gasteiger partial charge on any atom is -0.341 e. The van der Waals surface area contributed by atoms with Gasteiger partial charge in [0, 0.05) is 25.7 Å². The van der Waals surface area contributed by atoms with Crippen LogP contribution in [0.1, 0.15) is 12.8 Å². The highest BCUT2D eigenvalue weighted by atomic mass is 16.2. The lowest BCUT2D eigenvalue weighted by molar-refractivity contribution is -0.132. The van der Waals surface area contributed by atoms with Crippen molar-refractivity contribution in [3.05, 3.63) is 0 Å². The minimum absolute atomic E-state index is 0.137. The summed E-state index contributed by atoms with van der Waals surface area (Å²) in [6.45, 7) is 3.87. The molecule has 0 aromatic rings. The number of carbonyl (C=O) groups is 1. The molecule has 1 saturated carbocycles. The molecule has 1 saturated heterocycles. The van der Waals surface area contributed by atoms with E-state index in [2.05, 4.69) is 11.9 Å². The van der Waals surface area contributed by atoms with E-state index in [0.29, 0.717) is 0 Å². The Morgan fingerprint density at radius 1 is 1.29 bits per heavy atom. The van der Waals surface area contributed by atoms with E-state index in [1.165, 1.54) is 0 Å². The standard InChI is InChI=1S/C10H19N3O/c1-12-3-2-4-13(6-5-12)10(14)8-7-9(8)11/h8-9H,2-7,11H2,1H3. The van der Waals surface area contributed by atoms with Gasteiger partial charge < -0.3 is 15.5 Å². The SMILES string of the molecule is CN1CCCN(C(=O)C2CC2N)CC1. The smallest absolute Gasteiger partial charge is 0.227 e. The first kappa shape index (κ1) is 9.93. The molecule has 0 aromatic carbocycles. The summed E-state index contributed by atoms with van der Waals surface area (Å²) in [5.41, 5.74) is 5.68. The fourth-order valence-electron chi connectivity index (χ4n) is 2.00. The third-order valence-electron chi connectivity index (χ3n) is 3.19. The second-order valence-corrected chi connectivity index (χ2v) is 4.49. The van der Waals surface area contributed by atoms with E-state index in [1.54, 1.807) is 0 Å². The van der Waals surface area contributed by atoms with E-state index in [-0.39, 0.29) is 17.9 Å². The van der Waals surface area contributed by atoms with Crippen LogP contribution in [0.2, 0.25) is 0 Å². The summed E-state index contributed by atoms with van der Waals surface area (Å²) in [6.07, 6.45) is 1.98. The van der Waals surface area contributed by atoms with Crippen molar-refractivity contribution in [2.75, 3.05) is 33.2 Å². The molecule has 2 atom stereocenters. The van der Waals surface area contributed by atoms with Crippen LogP contribution in [0.25, 0.3) is 0 Å². The van der Waals surface area contributed by atoms with Gasteiger partial charge in [-0.2, -0.15) is 0 Å². The number of hydrogen-bond donors (Lipinski definition) is 1. The molecule has 1 aliphatic carbocycles. The summed E-state index contributed by atoms with van der Waals surface area (Å²) in [5.74, 6) is 0.422. The second kappa shape index (κ2) is 3.87. The maximum Gasteiger partial charge on any atom is 0.227 e. The fraction of sp³-hybridized carbons (Fsp3) is 0.900. The largest absolute Gasteiger partial charge is 0.341 e. The molecule has 2 aliphatic rings. The van der Waals surface area contributed by atoms with Crippen LogP contribution in [-0.4, -0.2) is 55.0 Å². The van der Waals surface area contributed by atoms with Gasteiger partial charge in [-0.1, -0.05) is 0 Å². The lowest BCUT2D eigenvalue weighted by Crippen LogP contribution is -2.36. The Kier molecular flexibility index (Phi) is 2.74. The van der Waals surface area contributed by atoms with Crippen molar-refractivity contribution in [3.8, 4) is 0 Å². The molecular weight excluding hydrogens is 178 g/mol. The number of rotatable bonds is 1. The predicted molar refractivity (Wildman–Crippen MR) is 54.8 cm³/mol. The molecule has 80 valence electrons. The van der Waals surface area contributed by atoms with Gasteiger partial charge >= 0.3 is 0 Å². The number of nitrogens with two attached hydrogens (primary N) is 1. The first-order chi connectivity index (χ1) is 6.68. The maximum absolute atomic E-state index is 11.9. The zero-order chi connectivity index (χ0) is 10.1. The summed E-state index contributed by atoms with van der Waals surface area (Å²) in [5, 5.41) is 0. The van der Waals surface area contributed by atoms with Crippen molar-refractivity contribution < 1.29 is 4.79 Å². The Morgan fingerprint density at radius 3 is 2.64 bits per heavy atom. The summed E-state index contributed by atoms with van der Waals surface area (Å²) in [6, 6.07) is 0.142.